The van der Waals surface area contributed by atoms with Gasteiger partial charge in [-0.05, 0) is 59.1 Å². The molecule has 1 aliphatic rings. The summed E-state index contributed by atoms with van der Waals surface area (Å²) in [5, 5.41) is 3.35. The van der Waals surface area contributed by atoms with E-state index in [9.17, 15) is 0 Å². The average molecular weight is 318 g/mol. The van der Waals surface area contributed by atoms with Gasteiger partial charge in [0.1, 0.15) is 0 Å². The molecule has 98 valence electrons. The second-order valence-electron chi connectivity index (χ2n) is 4.76. The number of rotatable bonds is 3. The van der Waals surface area contributed by atoms with Gasteiger partial charge in [0.2, 0.25) is 0 Å². The van der Waals surface area contributed by atoms with Crippen molar-refractivity contribution in [1.29, 1.82) is 0 Å². The van der Waals surface area contributed by atoms with Gasteiger partial charge in [-0.3, -0.25) is 4.98 Å². The standard InChI is InChI=1S/C15H16BrN3/c16-12-9-14(11-17-10-12)18-13-3-5-15(6-4-13)19-7-1-2-8-19/h3-6,9-11,18H,1-2,7-8H2. The van der Waals surface area contributed by atoms with Crippen LogP contribution in [0.25, 0.3) is 0 Å². The summed E-state index contributed by atoms with van der Waals surface area (Å²) in [6.45, 7) is 2.37. The van der Waals surface area contributed by atoms with Crippen molar-refractivity contribution in [3.8, 4) is 0 Å². The number of anilines is 3. The summed E-state index contributed by atoms with van der Waals surface area (Å²) in [4.78, 5) is 6.58. The predicted octanol–water partition coefficient (Wildman–Crippen LogP) is 4.19. The molecule has 0 radical (unpaired) electrons. The number of nitrogens with one attached hydrogen (secondary N) is 1. The molecule has 2 heterocycles. The molecule has 1 aromatic heterocycles. The first-order valence-corrected chi connectivity index (χ1v) is 7.33. The van der Waals surface area contributed by atoms with Crippen LogP contribution in [0.5, 0.6) is 0 Å². The van der Waals surface area contributed by atoms with Crippen LogP contribution in [-0.4, -0.2) is 18.1 Å². The highest BCUT2D eigenvalue weighted by molar-refractivity contribution is 9.10. The van der Waals surface area contributed by atoms with Gasteiger partial charge in [-0.1, -0.05) is 0 Å². The minimum absolute atomic E-state index is 0.978. The van der Waals surface area contributed by atoms with E-state index in [1.54, 1.807) is 6.20 Å². The van der Waals surface area contributed by atoms with Crippen LogP contribution in [0, 0.1) is 0 Å². The van der Waals surface area contributed by atoms with E-state index in [0.29, 0.717) is 0 Å². The SMILES string of the molecule is Brc1cncc(Nc2ccc(N3CCCC3)cc2)c1. The number of pyridine rings is 1. The fourth-order valence-electron chi connectivity index (χ4n) is 2.38. The van der Waals surface area contributed by atoms with Gasteiger partial charge in [-0.2, -0.15) is 0 Å². The van der Waals surface area contributed by atoms with Crippen molar-refractivity contribution in [1.82, 2.24) is 4.98 Å². The molecule has 3 nitrogen and oxygen atoms in total. The van der Waals surface area contributed by atoms with Gasteiger partial charge < -0.3 is 10.2 Å². The molecule has 1 aromatic carbocycles. The van der Waals surface area contributed by atoms with E-state index in [1.165, 1.54) is 31.6 Å². The van der Waals surface area contributed by atoms with Crippen LogP contribution in [0.2, 0.25) is 0 Å². The molecule has 0 saturated carbocycles. The van der Waals surface area contributed by atoms with Crippen LogP contribution in [0.4, 0.5) is 17.1 Å². The predicted molar refractivity (Wildman–Crippen MR) is 83.1 cm³/mol. The Morgan fingerprint density at radius 2 is 1.74 bits per heavy atom. The lowest BCUT2D eigenvalue weighted by Gasteiger charge is -2.18. The molecule has 1 N–H and O–H groups in total. The maximum absolute atomic E-state index is 4.14. The Hall–Kier alpha value is -1.55. The summed E-state index contributed by atoms with van der Waals surface area (Å²) < 4.78 is 0.978. The maximum atomic E-state index is 4.14. The molecule has 0 atom stereocenters. The van der Waals surface area contributed by atoms with Gasteiger partial charge in [-0.25, -0.2) is 0 Å². The Bertz CT molecular complexity index is 548. The second-order valence-corrected chi connectivity index (χ2v) is 5.67. The Balaban J connectivity index is 1.72. The van der Waals surface area contributed by atoms with Crippen molar-refractivity contribution in [3.05, 3.63) is 47.2 Å². The molecule has 0 spiro atoms. The van der Waals surface area contributed by atoms with E-state index in [2.05, 4.69) is 55.4 Å². The zero-order valence-corrected chi connectivity index (χ0v) is 12.2. The van der Waals surface area contributed by atoms with Crippen LogP contribution >= 0.6 is 15.9 Å². The first-order valence-electron chi connectivity index (χ1n) is 6.54. The van der Waals surface area contributed by atoms with Crippen LogP contribution < -0.4 is 10.2 Å². The smallest absolute Gasteiger partial charge is 0.0582 e. The molecule has 1 saturated heterocycles. The van der Waals surface area contributed by atoms with Crippen molar-refractivity contribution in [2.24, 2.45) is 0 Å². The molecule has 1 fully saturated rings. The fraction of sp³-hybridized carbons (Fsp3) is 0.267. The number of aromatic nitrogens is 1. The number of halogens is 1. The molecular formula is C15H16BrN3. The van der Waals surface area contributed by atoms with Crippen molar-refractivity contribution < 1.29 is 0 Å². The lowest BCUT2D eigenvalue weighted by Crippen LogP contribution is -2.17. The molecule has 0 unspecified atom stereocenters. The van der Waals surface area contributed by atoms with Crippen LogP contribution in [-0.2, 0) is 0 Å². The van der Waals surface area contributed by atoms with Crippen molar-refractivity contribution >= 4 is 33.0 Å². The van der Waals surface area contributed by atoms with Crippen LogP contribution in [0.1, 0.15) is 12.8 Å². The minimum Gasteiger partial charge on any atom is -0.372 e. The zero-order chi connectivity index (χ0) is 13.1. The van der Waals surface area contributed by atoms with E-state index in [4.69, 9.17) is 0 Å². The molecule has 0 aliphatic carbocycles. The van der Waals surface area contributed by atoms with E-state index in [-0.39, 0.29) is 0 Å². The summed E-state index contributed by atoms with van der Waals surface area (Å²) in [5.74, 6) is 0. The van der Waals surface area contributed by atoms with Crippen LogP contribution in [0.15, 0.2) is 47.2 Å². The Morgan fingerprint density at radius 1 is 1.00 bits per heavy atom. The largest absolute Gasteiger partial charge is 0.372 e. The first-order chi connectivity index (χ1) is 9.31. The first kappa shape index (κ1) is 12.5. The Kier molecular flexibility index (Phi) is 3.69. The fourth-order valence-corrected chi connectivity index (χ4v) is 2.74. The van der Waals surface area contributed by atoms with E-state index in [1.807, 2.05) is 12.3 Å². The Morgan fingerprint density at radius 3 is 2.42 bits per heavy atom. The number of hydrogen-bond donors (Lipinski definition) is 1. The zero-order valence-electron chi connectivity index (χ0n) is 10.6. The van der Waals surface area contributed by atoms with Gasteiger partial charge in [0, 0.05) is 35.1 Å². The minimum atomic E-state index is 0.978. The third-order valence-corrected chi connectivity index (χ3v) is 3.77. The topological polar surface area (TPSA) is 28.2 Å². The quantitative estimate of drug-likeness (QED) is 0.920. The second kappa shape index (κ2) is 5.61. The molecule has 0 amide bonds. The number of nitrogens with zero attached hydrogens (tertiary/aromatic N) is 2. The van der Waals surface area contributed by atoms with Crippen molar-refractivity contribution in [3.63, 3.8) is 0 Å². The third-order valence-electron chi connectivity index (χ3n) is 3.33. The summed E-state index contributed by atoms with van der Waals surface area (Å²) in [6, 6.07) is 10.6. The molecular weight excluding hydrogens is 302 g/mol. The highest BCUT2D eigenvalue weighted by Gasteiger charge is 2.11. The van der Waals surface area contributed by atoms with E-state index < -0.39 is 0 Å². The normalized spacial score (nSPS) is 14.7. The Labute approximate surface area is 121 Å². The number of hydrogen-bond acceptors (Lipinski definition) is 3. The van der Waals surface area contributed by atoms with Gasteiger partial charge >= 0.3 is 0 Å². The van der Waals surface area contributed by atoms with E-state index >= 15 is 0 Å². The summed E-state index contributed by atoms with van der Waals surface area (Å²) in [7, 11) is 0. The van der Waals surface area contributed by atoms with Crippen molar-refractivity contribution in [2.45, 2.75) is 12.8 Å². The number of benzene rings is 1. The lowest BCUT2D eigenvalue weighted by molar-refractivity contribution is 0.949. The van der Waals surface area contributed by atoms with Crippen molar-refractivity contribution in [2.75, 3.05) is 23.3 Å². The molecule has 1 aliphatic heterocycles. The highest BCUT2D eigenvalue weighted by atomic mass is 79.9. The van der Waals surface area contributed by atoms with Gasteiger partial charge in [0.15, 0.2) is 0 Å². The van der Waals surface area contributed by atoms with Gasteiger partial charge in [-0.15, -0.1) is 0 Å². The van der Waals surface area contributed by atoms with Crippen LogP contribution in [0.3, 0.4) is 0 Å². The molecule has 3 rings (SSSR count). The monoisotopic (exact) mass is 317 g/mol. The maximum Gasteiger partial charge on any atom is 0.0582 e. The lowest BCUT2D eigenvalue weighted by atomic mass is 10.2. The molecule has 19 heavy (non-hydrogen) atoms. The molecule has 4 heteroatoms. The highest BCUT2D eigenvalue weighted by Crippen LogP contribution is 2.24. The molecule has 0 bridgehead atoms. The summed E-state index contributed by atoms with van der Waals surface area (Å²) in [6.07, 6.45) is 6.22. The third kappa shape index (κ3) is 3.07. The molecule has 2 aromatic rings. The van der Waals surface area contributed by atoms with Gasteiger partial charge in [0.25, 0.3) is 0 Å². The van der Waals surface area contributed by atoms with Gasteiger partial charge in [0.05, 0.1) is 11.9 Å². The average Bonchev–Trinajstić information content (AvgIpc) is 2.94. The van der Waals surface area contributed by atoms with E-state index in [0.717, 1.165) is 15.8 Å². The summed E-state index contributed by atoms with van der Waals surface area (Å²) in [5.41, 5.74) is 3.39. The summed E-state index contributed by atoms with van der Waals surface area (Å²) >= 11 is 3.42.